The van der Waals surface area contributed by atoms with Crippen LogP contribution in [-0.2, 0) is 0 Å². The highest BCUT2D eigenvalue weighted by atomic mass is 35.5. The fourth-order valence-corrected chi connectivity index (χ4v) is 1.98. The van der Waals surface area contributed by atoms with E-state index in [0.29, 0.717) is 5.56 Å². The Kier molecular flexibility index (Phi) is 4.53. The monoisotopic (exact) mass is 313 g/mol. The van der Waals surface area contributed by atoms with Crippen LogP contribution in [0, 0.1) is 17.5 Å². The van der Waals surface area contributed by atoms with Gasteiger partial charge in [0, 0.05) is 5.02 Å². The molecule has 0 spiro atoms. The smallest absolute Gasteiger partial charge is 0.254 e. The van der Waals surface area contributed by atoms with Crippen LogP contribution in [0.2, 0.25) is 5.02 Å². The van der Waals surface area contributed by atoms with E-state index >= 15 is 0 Å². The van der Waals surface area contributed by atoms with Crippen LogP contribution in [0.25, 0.3) is 0 Å². The van der Waals surface area contributed by atoms with Gasteiger partial charge in [-0.25, -0.2) is 13.2 Å². The van der Waals surface area contributed by atoms with Gasteiger partial charge in [-0.1, -0.05) is 17.7 Å². The third-order valence-corrected chi connectivity index (χ3v) is 3.20. The van der Waals surface area contributed by atoms with E-state index in [4.69, 9.17) is 11.6 Å². The maximum atomic E-state index is 13.6. The Bertz CT molecular complexity index is 691. The van der Waals surface area contributed by atoms with E-state index in [2.05, 4.69) is 5.32 Å². The van der Waals surface area contributed by atoms with Crippen LogP contribution < -0.4 is 5.32 Å². The summed E-state index contributed by atoms with van der Waals surface area (Å²) in [4.78, 5) is 12.0. The molecule has 1 amide bonds. The van der Waals surface area contributed by atoms with Gasteiger partial charge in [-0.05, 0) is 42.8 Å². The molecular formula is C15H11ClF3NO. The van der Waals surface area contributed by atoms with E-state index in [9.17, 15) is 18.0 Å². The minimum Gasteiger partial charge on any atom is -0.345 e. The first kappa shape index (κ1) is 15.4. The number of amides is 1. The predicted octanol–water partition coefficient (Wildman–Crippen LogP) is 4.25. The summed E-state index contributed by atoms with van der Waals surface area (Å²) in [7, 11) is 0. The first-order valence-electron chi connectivity index (χ1n) is 6.09. The quantitative estimate of drug-likeness (QED) is 0.902. The molecule has 2 aromatic carbocycles. The third-order valence-electron chi connectivity index (χ3n) is 2.96. The van der Waals surface area contributed by atoms with Gasteiger partial charge in [-0.15, -0.1) is 0 Å². The van der Waals surface area contributed by atoms with Crippen LogP contribution in [0.15, 0.2) is 36.4 Å². The molecule has 2 nitrogen and oxygen atoms in total. The van der Waals surface area contributed by atoms with Crippen molar-refractivity contribution in [3.05, 3.63) is 70.0 Å². The van der Waals surface area contributed by atoms with Gasteiger partial charge in [0.2, 0.25) is 0 Å². The second kappa shape index (κ2) is 6.18. The zero-order chi connectivity index (χ0) is 15.6. The number of carbonyl (C=O) groups is 1. The summed E-state index contributed by atoms with van der Waals surface area (Å²) in [5.74, 6) is -3.39. The van der Waals surface area contributed by atoms with Crippen LogP contribution in [0.5, 0.6) is 0 Å². The van der Waals surface area contributed by atoms with E-state index in [-0.39, 0.29) is 10.6 Å². The van der Waals surface area contributed by atoms with Crippen molar-refractivity contribution in [1.29, 1.82) is 0 Å². The molecule has 0 saturated carbocycles. The topological polar surface area (TPSA) is 29.1 Å². The number of hydrogen-bond donors (Lipinski definition) is 1. The van der Waals surface area contributed by atoms with Crippen LogP contribution in [0.4, 0.5) is 13.2 Å². The molecule has 0 saturated heterocycles. The van der Waals surface area contributed by atoms with Crippen molar-refractivity contribution in [2.45, 2.75) is 13.0 Å². The maximum absolute atomic E-state index is 13.6. The summed E-state index contributed by atoms with van der Waals surface area (Å²) in [6.07, 6.45) is 0. The standard InChI is InChI=1S/C15H11ClF3NO/c1-8(9-2-4-13(18)14(19)6-9)20-15(21)11-7-10(16)3-5-12(11)17/h2-8H,1H3,(H,20,21). The molecular weight excluding hydrogens is 303 g/mol. The normalized spacial score (nSPS) is 12.0. The molecule has 0 radical (unpaired) electrons. The van der Waals surface area contributed by atoms with Crippen LogP contribution in [0.1, 0.15) is 28.9 Å². The number of nitrogens with one attached hydrogen (secondary N) is 1. The highest BCUT2D eigenvalue weighted by molar-refractivity contribution is 6.31. The predicted molar refractivity (Wildman–Crippen MR) is 73.6 cm³/mol. The summed E-state index contributed by atoms with van der Waals surface area (Å²) < 4.78 is 39.6. The lowest BCUT2D eigenvalue weighted by Gasteiger charge is -2.15. The molecule has 0 aromatic heterocycles. The fraction of sp³-hybridized carbons (Fsp3) is 0.133. The SMILES string of the molecule is CC(NC(=O)c1cc(Cl)ccc1F)c1ccc(F)c(F)c1. The Morgan fingerprint density at radius 2 is 1.71 bits per heavy atom. The molecule has 21 heavy (non-hydrogen) atoms. The van der Waals surface area contributed by atoms with Gasteiger partial charge in [0.1, 0.15) is 5.82 Å². The Balaban J connectivity index is 2.18. The van der Waals surface area contributed by atoms with Crippen molar-refractivity contribution in [2.75, 3.05) is 0 Å². The molecule has 2 aromatic rings. The average molecular weight is 314 g/mol. The van der Waals surface area contributed by atoms with Crippen molar-refractivity contribution >= 4 is 17.5 Å². The molecule has 110 valence electrons. The summed E-state index contributed by atoms with van der Waals surface area (Å²) in [5, 5.41) is 2.72. The van der Waals surface area contributed by atoms with Crippen molar-refractivity contribution in [3.63, 3.8) is 0 Å². The van der Waals surface area contributed by atoms with Gasteiger partial charge in [0.15, 0.2) is 11.6 Å². The lowest BCUT2D eigenvalue weighted by Crippen LogP contribution is -2.27. The highest BCUT2D eigenvalue weighted by Crippen LogP contribution is 2.19. The summed E-state index contributed by atoms with van der Waals surface area (Å²) >= 11 is 5.71. The molecule has 6 heteroatoms. The minimum atomic E-state index is -1.01. The second-order valence-corrected chi connectivity index (χ2v) is 4.93. The van der Waals surface area contributed by atoms with Crippen LogP contribution in [-0.4, -0.2) is 5.91 Å². The number of benzene rings is 2. The Morgan fingerprint density at radius 1 is 1.05 bits per heavy atom. The summed E-state index contributed by atoms with van der Waals surface area (Å²) in [6, 6.07) is 6.28. The number of rotatable bonds is 3. The lowest BCUT2D eigenvalue weighted by molar-refractivity contribution is 0.0935. The van der Waals surface area contributed by atoms with Crippen molar-refractivity contribution in [2.24, 2.45) is 0 Å². The van der Waals surface area contributed by atoms with Crippen molar-refractivity contribution in [1.82, 2.24) is 5.32 Å². The van der Waals surface area contributed by atoms with E-state index in [1.165, 1.54) is 18.2 Å². The van der Waals surface area contributed by atoms with E-state index in [0.717, 1.165) is 18.2 Å². The first-order valence-corrected chi connectivity index (χ1v) is 6.47. The van der Waals surface area contributed by atoms with Crippen molar-refractivity contribution in [3.8, 4) is 0 Å². The Hall–Kier alpha value is -2.01. The van der Waals surface area contributed by atoms with Gasteiger partial charge in [0.25, 0.3) is 5.91 Å². The number of carbonyl (C=O) groups excluding carboxylic acids is 1. The maximum Gasteiger partial charge on any atom is 0.254 e. The molecule has 1 atom stereocenters. The highest BCUT2D eigenvalue weighted by Gasteiger charge is 2.16. The molecule has 0 bridgehead atoms. The largest absolute Gasteiger partial charge is 0.345 e. The van der Waals surface area contributed by atoms with E-state index in [1.54, 1.807) is 6.92 Å². The second-order valence-electron chi connectivity index (χ2n) is 4.49. The fourth-order valence-electron chi connectivity index (χ4n) is 1.81. The Morgan fingerprint density at radius 3 is 2.38 bits per heavy atom. The number of hydrogen-bond acceptors (Lipinski definition) is 1. The van der Waals surface area contributed by atoms with Crippen LogP contribution in [0.3, 0.4) is 0 Å². The molecule has 0 fully saturated rings. The van der Waals surface area contributed by atoms with Gasteiger partial charge >= 0.3 is 0 Å². The van der Waals surface area contributed by atoms with Gasteiger partial charge in [0.05, 0.1) is 11.6 Å². The first-order chi connectivity index (χ1) is 9.88. The van der Waals surface area contributed by atoms with Gasteiger partial charge < -0.3 is 5.32 Å². The minimum absolute atomic E-state index is 0.211. The molecule has 0 aliphatic rings. The molecule has 0 aliphatic carbocycles. The zero-order valence-corrected chi connectivity index (χ0v) is 11.7. The molecule has 1 unspecified atom stereocenters. The van der Waals surface area contributed by atoms with E-state index in [1.807, 2.05) is 0 Å². The molecule has 0 heterocycles. The third kappa shape index (κ3) is 3.55. The molecule has 1 N–H and O–H groups in total. The summed E-state index contributed by atoms with van der Waals surface area (Å²) in [6.45, 7) is 1.58. The molecule has 2 rings (SSSR count). The van der Waals surface area contributed by atoms with E-state index < -0.39 is 29.4 Å². The number of halogens is 4. The lowest BCUT2D eigenvalue weighted by atomic mass is 10.1. The Labute approximate surface area is 124 Å². The van der Waals surface area contributed by atoms with Crippen molar-refractivity contribution < 1.29 is 18.0 Å². The van der Waals surface area contributed by atoms with Gasteiger partial charge in [-0.3, -0.25) is 4.79 Å². The molecule has 0 aliphatic heterocycles. The van der Waals surface area contributed by atoms with Crippen LogP contribution >= 0.6 is 11.6 Å². The zero-order valence-electron chi connectivity index (χ0n) is 11.0. The average Bonchev–Trinajstić information content (AvgIpc) is 2.44. The summed E-state index contributed by atoms with van der Waals surface area (Å²) in [5.41, 5.74) is 0.154. The van der Waals surface area contributed by atoms with Gasteiger partial charge in [-0.2, -0.15) is 0 Å².